The van der Waals surface area contributed by atoms with Crippen molar-refractivity contribution in [3.05, 3.63) is 41.6 Å². The first-order valence-electron chi connectivity index (χ1n) is 5.37. The molecule has 1 aromatic carbocycles. The lowest BCUT2D eigenvalue weighted by molar-refractivity contribution is -0.136. The number of nitrogens with two attached hydrogens (primary N) is 1. The highest BCUT2D eigenvalue weighted by Crippen LogP contribution is 2.15. The maximum absolute atomic E-state index is 10.8. The van der Waals surface area contributed by atoms with Crippen molar-refractivity contribution in [2.24, 2.45) is 0 Å². The third-order valence-electron chi connectivity index (χ3n) is 2.49. The molecule has 0 bridgehead atoms. The molecule has 0 aliphatic carbocycles. The second-order valence-corrected chi connectivity index (χ2v) is 3.91. The van der Waals surface area contributed by atoms with Crippen LogP contribution in [-0.2, 0) is 11.2 Å². The Morgan fingerprint density at radius 1 is 1.21 bits per heavy atom. The summed E-state index contributed by atoms with van der Waals surface area (Å²) in [5, 5.41) is 21.3. The molecule has 0 aliphatic heterocycles. The number of nitrogens with zero attached hydrogens (tertiary/aromatic N) is 2. The number of anilines is 1. The summed E-state index contributed by atoms with van der Waals surface area (Å²) in [6.07, 6.45) is -0.0742. The smallest absolute Gasteiger partial charge is 0.356 e. The Kier molecular flexibility index (Phi) is 3.19. The van der Waals surface area contributed by atoms with Crippen LogP contribution in [0.1, 0.15) is 16.1 Å². The maximum atomic E-state index is 10.8. The number of benzene rings is 1. The summed E-state index contributed by atoms with van der Waals surface area (Å²) >= 11 is 0. The van der Waals surface area contributed by atoms with Gasteiger partial charge in [0.2, 0.25) is 0 Å². The third kappa shape index (κ3) is 2.71. The number of nitrogen functional groups attached to an aromatic ring is 1. The SMILES string of the molecule is Nc1cc(C(=O)O)nn1-c1ccc(CC(=O)O)cc1. The number of carbonyl (C=O) groups is 2. The van der Waals surface area contributed by atoms with Crippen LogP contribution in [-0.4, -0.2) is 31.9 Å². The molecule has 0 radical (unpaired) electrons. The Bertz CT molecular complexity index is 631. The number of rotatable bonds is 4. The lowest BCUT2D eigenvalue weighted by atomic mass is 10.1. The van der Waals surface area contributed by atoms with Crippen LogP contribution in [0.15, 0.2) is 30.3 Å². The fraction of sp³-hybridized carbons (Fsp3) is 0.0833. The van der Waals surface area contributed by atoms with Crippen LogP contribution in [0.3, 0.4) is 0 Å². The molecule has 0 saturated heterocycles. The van der Waals surface area contributed by atoms with Gasteiger partial charge in [-0.2, -0.15) is 5.10 Å². The Hall–Kier alpha value is -2.83. The summed E-state index contributed by atoms with van der Waals surface area (Å²) in [5.74, 6) is -1.88. The summed E-state index contributed by atoms with van der Waals surface area (Å²) < 4.78 is 1.29. The van der Waals surface area contributed by atoms with Gasteiger partial charge >= 0.3 is 11.9 Å². The van der Waals surface area contributed by atoms with Gasteiger partial charge in [-0.15, -0.1) is 0 Å². The summed E-state index contributed by atoms with van der Waals surface area (Å²) in [7, 11) is 0. The molecule has 0 amide bonds. The predicted octanol–water partition coefficient (Wildman–Crippen LogP) is 0.780. The van der Waals surface area contributed by atoms with Crippen LogP contribution in [0, 0.1) is 0 Å². The molecule has 0 unspecified atom stereocenters. The molecule has 1 heterocycles. The van der Waals surface area contributed by atoms with E-state index in [1.54, 1.807) is 24.3 Å². The van der Waals surface area contributed by atoms with Crippen molar-refractivity contribution in [2.75, 3.05) is 5.73 Å². The van der Waals surface area contributed by atoms with Gasteiger partial charge in [0.05, 0.1) is 12.1 Å². The third-order valence-corrected chi connectivity index (χ3v) is 2.49. The van der Waals surface area contributed by atoms with Crippen molar-refractivity contribution in [2.45, 2.75) is 6.42 Å². The molecule has 0 atom stereocenters. The lowest BCUT2D eigenvalue weighted by Crippen LogP contribution is -2.04. The largest absolute Gasteiger partial charge is 0.481 e. The molecule has 2 aromatic rings. The number of aromatic nitrogens is 2. The zero-order valence-electron chi connectivity index (χ0n) is 9.78. The van der Waals surface area contributed by atoms with E-state index in [1.165, 1.54) is 10.7 Å². The minimum Gasteiger partial charge on any atom is -0.481 e. The van der Waals surface area contributed by atoms with Crippen LogP contribution in [0.5, 0.6) is 0 Å². The molecule has 0 spiro atoms. The average molecular weight is 261 g/mol. The zero-order valence-corrected chi connectivity index (χ0v) is 9.78. The fourth-order valence-electron chi connectivity index (χ4n) is 1.64. The van der Waals surface area contributed by atoms with Crippen molar-refractivity contribution >= 4 is 17.8 Å². The lowest BCUT2D eigenvalue weighted by Gasteiger charge is -2.04. The minimum absolute atomic E-state index is 0.0742. The number of hydrogen-bond donors (Lipinski definition) is 3. The minimum atomic E-state index is -1.16. The summed E-state index contributed by atoms with van der Waals surface area (Å²) in [6.45, 7) is 0. The van der Waals surface area contributed by atoms with Crippen LogP contribution >= 0.6 is 0 Å². The van der Waals surface area contributed by atoms with Gasteiger partial charge in [-0.05, 0) is 17.7 Å². The van der Waals surface area contributed by atoms with Crippen LogP contribution in [0.25, 0.3) is 5.69 Å². The standard InChI is InChI=1S/C12H11N3O4/c13-10-6-9(12(18)19)14-15(10)8-3-1-7(2-4-8)5-11(16)17/h1-4,6H,5,13H2,(H,16,17)(H,18,19). The van der Waals surface area contributed by atoms with E-state index in [0.717, 1.165) is 0 Å². The molecule has 0 saturated carbocycles. The highest BCUT2D eigenvalue weighted by Gasteiger charge is 2.12. The van der Waals surface area contributed by atoms with Gasteiger partial charge in [0, 0.05) is 6.07 Å². The second kappa shape index (κ2) is 4.81. The molecule has 0 aliphatic rings. The van der Waals surface area contributed by atoms with Crippen LogP contribution in [0.2, 0.25) is 0 Å². The Morgan fingerprint density at radius 2 is 1.84 bits per heavy atom. The predicted molar refractivity (Wildman–Crippen MR) is 66.3 cm³/mol. The summed E-state index contributed by atoms with van der Waals surface area (Å²) in [6, 6.07) is 7.78. The molecular weight excluding hydrogens is 250 g/mol. The Balaban J connectivity index is 2.31. The van der Waals surface area contributed by atoms with E-state index in [0.29, 0.717) is 11.3 Å². The number of aromatic carboxylic acids is 1. The zero-order chi connectivity index (χ0) is 14.0. The van der Waals surface area contributed by atoms with E-state index in [1.807, 2.05) is 0 Å². The van der Waals surface area contributed by atoms with E-state index < -0.39 is 11.9 Å². The topological polar surface area (TPSA) is 118 Å². The van der Waals surface area contributed by atoms with Crippen molar-refractivity contribution in [1.82, 2.24) is 9.78 Å². The molecular formula is C12H11N3O4. The van der Waals surface area contributed by atoms with Gasteiger partial charge < -0.3 is 15.9 Å². The number of hydrogen-bond acceptors (Lipinski definition) is 4. The monoisotopic (exact) mass is 261 g/mol. The van der Waals surface area contributed by atoms with Crippen molar-refractivity contribution in [3.8, 4) is 5.69 Å². The maximum Gasteiger partial charge on any atom is 0.356 e. The van der Waals surface area contributed by atoms with E-state index in [2.05, 4.69) is 5.10 Å². The first-order valence-corrected chi connectivity index (χ1v) is 5.37. The second-order valence-electron chi connectivity index (χ2n) is 3.91. The molecule has 4 N–H and O–H groups in total. The molecule has 0 fully saturated rings. The quantitative estimate of drug-likeness (QED) is 0.748. The fourth-order valence-corrected chi connectivity index (χ4v) is 1.64. The number of carboxylic acid groups (broad SMARTS) is 2. The highest BCUT2D eigenvalue weighted by molar-refractivity contribution is 5.86. The summed E-state index contributed by atoms with van der Waals surface area (Å²) in [5.41, 5.74) is 6.73. The van der Waals surface area contributed by atoms with Crippen molar-refractivity contribution in [1.29, 1.82) is 0 Å². The number of carboxylic acids is 2. The van der Waals surface area contributed by atoms with Gasteiger partial charge in [0.15, 0.2) is 5.69 Å². The van der Waals surface area contributed by atoms with Crippen LogP contribution in [0.4, 0.5) is 5.82 Å². The first kappa shape index (κ1) is 12.6. The molecule has 7 heteroatoms. The van der Waals surface area contributed by atoms with Gasteiger partial charge in [-0.25, -0.2) is 9.48 Å². The Morgan fingerprint density at radius 3 is 2.32 bits per heavy atom. The highest BCUT2D eigenvalue weighted by atomic mass is 16.4. The van der Waals surface area contributed by atoms with Gasteiger partial charge in [-0.3, -0.25) is 4.79 Å². The van der Waals surface area contributed by atoms with E-state index in [4.69, 9.17) is 15.9 Å². The summed E-state index contributed by atoms with van der Waals surface area (Å²) in [4.78, 5) is 21.3. The first-order chi connectivity index (χ1) is 8.97. The van der Waals surface area contributed by atoms with Crippen molar-refractivity contribution < 1.29 is 19.8 Å². The average Bonchev–Trinajstić information content (AvgIpc) is 2.72. The van der Waals surface area contributed by atoms with Gasteiger partial charge in [-0.1, -0.05) is 12.1 Å². The molecule has 1 aromatic heterocycles. The van der Waals surface area contributed by atoms with E-state index >= 15 is 0 Å². The normalized spacial score (nSPS) is 10.3. The van der Waals surface area contributed by atoms with E-state index in [-0.39, 0.29) is 17.9 Å². The van der Waals surface area contributed by atoms with Gasteiger partial charge in [0.25, 0.3) is 0 Å². The van der Waals surface area contributed by atoms with Crippen LogP contribution < -0.4 is 5.73 Å². The Labute approximate surface area is 107 Å². The molecule has 98 valence electrons. The molecule has 7 nitrogen and oxygen atoms in total. The van der Waals surface area contributed by atoms with Gasteiger partial charge in [0.1, 0.15) is 5.82 Å². The molecule has 2 rings (SSSR count). The molecule has 19 heavy (non-hydrogen) atoms. The number of aliphatic carboxylic acids is 1. The van der Waals surface area contributed by atoms with Crippen molar-refractivity contribution in [3.63, 3.8) is 0 Å². The van der Waals surface area contributed by atoms with E-state index in [9.17, 15) is 9.59 Å².